The zero-order valence-corrected chi connectivity index (χ0v) is 10.6. The predicted octanol–water partition coefficient (Wildman–Crippen LogP) is 3.14. The van der Waals surface area contributed by atoms with Crippen molar-refractivity contribution >= 4 is 29.2 Å². The first-order valence-corrected chi connectivity index (χ1v) is 5.80. The van der Waals surface area contributed by atoms with Gasteiger partial charge in [-0.25, -0.2) is 14.8 Å². The van der Waals surface area contributed by atoms with E-state index < -0.39 is 5.97 Å². The van der Waals surface area contributed by atoms with E-state index in [4.69, 9.17) is 27.9 Å². The molecule has 0 aliphatic heterocycles. The van der Waals surface area contributed by atoms with Crippen LogP contribution in [0.25, 0.3) is 0 Å². The quantitative estimate of drug-likeness (QED) is 0.641. The average Bonchev–Trinajstić information content (AvgIpc) is 2.38. The van der Waals surface area contributed by atoms with E-state index in [1.165, 1.54) is 12.3 Å². The fourth-order valence-corrected chi connectivity index (χ4v) is 1.44. The third kappa shape index (κ3) is 3.42. The molecular weight excluding hydrogens is 275 g/mol. The standard InChI is InChI=1S/C12H8Cl2N2O2/c13-10-3-1-8(5-15-10)7-18-12(17)9-2-4-11(14)16-6-9/h1-6H,7H2. The van der Waals surface area contributed by atoms with Gasteiger partial charge in [0.15, 0.2) is 0 Å². The molecule has 2 aromatic heterocycles. The summed E-state index contributed by atoms with van der Waals surface area (Å²) >= 11 is 11.3. The first-order valence-electron chi connectivity index (χ1n) is 5.04. The molecule has 92 valence electrons. The van der Waals surface area contributed by atoms with E-state index in [2.05, 4.69) is 9.97 Å². The van der Waals surface area contributed by atoms with Crippen molar-refractivity contribution in [3.05, 3.63) is 58.1 Å². The Balaban J connectivity index is 1.96. The van der Waals surface area contributed by atoms with Crippen molar-refractivity contribution < 1.29 is 9.53 Å². The Morgan fingerprint density at radius 3 is 2.28 bits per heavy atom. The number of nitrogens with zero attached hydrogens (tertiary/aromatic N) is 2. The van der Waals surface area contributed by atoms with Crippen LogP contribution in [0.1, 0.15) is 15.9 Å². The molecule has 0 spiro atoms. The van der Waals surface area contributed by atoms with Gasteiger partial charge >= 0.3 is 5.97 Å². The highest BCUT2D eigenvalue weighted by molar-refractivity contribution is 6.29. The van der Waals surface area contributed by atoms with Crippen LogP contribution >= 0.6 is 23.2 Å². The first kappa shape index (κ1) is 12.8. The summed E-state index contributed by atoms with van der Waals surface area (Å²) in [4.78, 5) is 19.3. The van der Waals surface area contributed by atoms with Crippen LogP contribution in [0, 0.1) is 0 Å². The average molecular weight is 283 g/mol. The highest BCUT2D eigenvalue weighted by Crippen LogP contribution is 2.09. The van der Waals surface area contributed by atoms with Crippen molar-refractivity contribution in [1.29, 1.82) is 0 Å². The number of hydrogen-bond acceptors (Lipinski definition) is 4. The number of rotatable bonds is 3. The number of pyridine rings is 2. The van der Waals surface area contributed by atoms with Gasteiger partial charge in [-0.3, -0.25) is 0 Å². The number of aromatic nitrogens is 2. The van der Waals surface area contributed by atoms with Crippen molar-refractivity contribution in [3.8, 4) is 0 Å². The molecule has 0 radical (unpaired) electrons. The first-order chi connectivity index (χ1) is 8.65. The third-order valence-electron chi connectivity index (χ3n) is 2.12. The third-order valence-corrected chi connectivity index (χ3v) is 2.57. The maximum atomic E-state index is 11.6. The van der Waals surface area contributed by atoms with Crippen molar-refractivity contribution in [1.82, 2.24) is 9.97 Å². The number of hydrogen-bond donors (Lipinski definition) is 0. The van der Waals surface area contributed by atoms with Crippen LogP contribution < -0.4 is 0 Å². The number of halogens is 2. The second-order valence-electron chi connectivity index (χ2n) is 3.43. The molecular formula is C12H8Cl2N2O2. The lowest BCUT2D eigenvalue weighted by Gasteiger charge is -2.04. The maximum absolute atomic E-state index is 11.6. The maximum Gasteiger partial charge on any atom is 0.340 e. The number of carbonyl (C=O) groups excluding carboxylic acids is 1. The number of carbonyl (C=O) groups is 1. The summed E-state index contributed by atoms with van der Waals surface area (Å²) in [5.74, 6) is -0.464. The molecule has 6 heteroatoms. The Hall–Kier alpha value is -1.65. The molecule has 0 fully saturated rings. The zero-order chi connectivity index (χ0) is 13.0. The van der Waals surface area contributed by atoms with Gasteiger partial charge in [0.2, 0.25) is 0 Å². The molecule has 4 nitrogen and oxygen atoms in total. The zero-order valence-electron chi connectivity index (χ0n) is 9.14. The summed E-state index contributed by atoms with van der Waals surface area (Å²) in [7, 11) is 0. The molecule has 18 heavy (non-hydrogen) atoms. The van der Waals surface area contributed by atoms with Gasteiger partial charge in [-0.05, 0) is 18.2 Å². The molecule has 0 N–H and O–H groups in total. The monoisotopic (exact) mass is 282 g/mol. The summed E-state index contributed by atoms with van der Waals surface area (Å²) in [6, 6.07) is 6.46. The smallest absolute Gasteiger partial charge is 0.340 e. The highest BCUT2D eigenvalue weighted by Gasteiger charge is 2.07. The Morgan fingerprint density at radius 2 is 1.72 bits per heavy atom. The van der Waals surface area contributed by atoms with Gasteiger partial charge in [-0.2, -0.15) is 0 Å². The van der Waals surface area contributed by atoms with E-state index >= 15 is 0 Å². The van der Waals surface area contributed by atoms with Crippen molar-refractivity contribution in [3.63, 3.8) is 0 Å². The number of ether oxygens (including phenoxy) is 1. The highest BCUT2D eigenvalue weighted by atomic mass is 35.5. The fraction of sp³-hybridized carbons (Fsp3) is 0.0833. The van der Waals surface area contributed by atoms with Crippen LogP contribution in [-0.4, -0.2) is 15.9 Å². The Labute approximate surface area is 114 Å². The van der Waals surface area contributed by atoms with E-state index in [1.807, 2.05) is 0 Å². The molecule has 0 atom stereocenters. The largest absolute Gasteiger partial charge is 0.457 e. The molecule has 0 bridgehead atoms. The van der Waals surface area contributed by atoms with Crippen molar-refractivity contribution in [2.24, 2.45) is 0 Å². The van der Waals surface area contributed by atoms with Crippen LogP contribution in [0.15, 0.2) is 36.7 Å². The van der Waals surface area contributed by atoms with Crippen LogP contribution in [-0.2, 0) is 11.3 Å². The van der Waals surface area contributed by atoms with Crippen LogP contribution in [0.3, 0.4) is 0 Å². The second kappa shape index (κ2) is 5.80. The Kier molecular flexibility index (Phi) is 4.12. The van der Waals surface area contributed by atoms with E-state index in [1.54, 1.807) is 24.4 Å². The summed E-state index contributed by atoms with van der Waals surface area (Å²) in [6.07, 6.45) is 2.92. The molecule has 0 aromatic carbocycles. The van der Waals surface area contributed by atoms with Gasteiger partial charge in [0, 0.05) is 18.0 Å². The minimum atomic E-state index is -0.464. The second-order valence-corrected chi connectivity index (χ2v) is 4.21. The topological polar surface area (TPSA) is 52.1 Å². The van der Waals surface area contributed by atoms with E-state index in [0.29, 0.717) is 15.9 Å². The Morgan fingerprint density at radius 1 is 1.06 bits per heavy atom. The summed E-state index contributed by atoms with van der Waals surface area (Å²) in [5.41, 5.74) is 1.11. The lowest BCUT2D eigenvalue weighted by molar-refractivity contribution is 0.0472. The van der Waals surface area contributed by atoms with Crippen LogP contribution in [0.2, 0.25) is 10.3 Å². The molecule has 2 heterocycles. The molecule has 0 aliphatic rings. The van der Waals surface area contributed by atoms with Crippen molar-refractivity contribution in [2.75, 3.05) is 0 Å². The SMILES string of the molecule is O=C(OCc1ccc(Cl)nc1)c1ccc(Cl)nc1. The van der Waals surface area contributed by atoms with E-state index in [-0.39, 0.29) is 6.61 Å². The van der Waals surface area contributed by atoms with Gasteiger partial charge in [0.25, 0.3) is 0 Å². The lowest BCUT2D eigenvalue weighted by atomic mass is 10.3. The molecule has 0 unspecified atom stereocenters. The minimum Gasteiger partial charge on any atom is -0.457 e. The fourth-order valence-electron chi connectivity index (χ4n) is 1.22. The lowest BCUT2D eigenvalue weighted by Crippen LogP contribution is -2.05. The molecule has 0 aliphatic carbocycles. The van der Waals surface area contributed by atoms with Crippen molar-refractivity contribution in [2.45, 2.75) is 6.61 Å². The summed E-state index contributed by atoms with van der Waals surface area (Å²) in [5, 5.41) is 0.723. The van der Waals surface area contributed by atoms with E-state index in [0.717, 1.165) is 5.56 Å². The van der Waals surface area contributed by atoms with E-state index in [9.17, 15) is 4.79 Å². The predicted molar refractivity (Wildman–Crippen MR) is 67.6 cm³/mol. The normalized spacial score (nSPS) is 10.1. The van der Waals surface area contributed by atoms with Gasteiger partial charge in [0.1, 0.15) is 16.9 Å². The Bertz CT molecular complexity index is 541. The van der Waals surface area contributed by atoms with Crippen LogP contribution in [0.4, 0.5) is 0 Å². The van der Waals surface area contributed by atoms with Gasteiger partial charge in [-0.15, -0.1) is 0 Å². The molecule has 0 amide bonds. The number of esters is 1. The molecule has 2 rings (SSSR count). The van der Waals surface area contributed by atoms with Gasteiger partial charge in [0.05, 0.1) is 5.56 Å². The summed E-state index contributed by atoms with van der Waals surface area (Å²) in [6.45, 7) is 0.131. The van der Waals surface area contributed by atoms with Crippen LogP contribution in [0.5, 0.6) is 0 Å². The minimum absolute atomic E-state index is 0.131. The molecule has 2 aromatic rings. The van der Waals surface area contributed by atoms with Gasteiger partial charge in [-0.1, -0.05) is 29.3 Å². The molecule has 0 saturated carbocycles. The summed E-state index contributed by atoms with van der Waals surface area (Å²) < 4.78 is 5.09. The van der Waals surface area contributed by atoms with Gasteiger partial charge < -0.3 is 4.74 Å². The molecule has 0 saturated heterocycles.